The zero-order valence-electron chi connectivity index (χ0n) is 11.1. The molecular weight excluding hydrogens is 244 g/mol. The molecule has 0 unspecified atom stereocenters. The second-order valence-corrected chi connectivity index (χ2v) is 4.85. The summed E-state index contributed by atoms with van der Waals surface area (Å²) in [6.45, 7) is 4.12. The summed E-state index contributed by atoms with van der Waals surface area (Å²) >= 11 is 0. The molecule has 102 valence electrons. The first-order valence-corrected chi connectivity index (χ1v) is 6.36. The van der Waals surface area contributed by atoms with Crippen molar-refractivity contribution in [3.63, 3.8) is 0 Å². The zero-order valence-corrected chi connectivity index (χ0v) is 11.1. The molecule has 5 nitrogen and oxygen atoms in total. The Balaban J connectivity index is 2.48. The molecule has 1 amide bonds. The first kappa shape index (κ1) is 13.5. The molecule has 1 aliphatic heterocycles. The van der Waals surface area contributed by atoms with E-state index in [0.29, 0.717) is 17.8 Å². The molecule has 2 rings (SSSR count). The Hall–Kier alpha value is -1.88. The topological polar surface area (TPSA) is 73.1 Å². The molecule has 1 aromatic rings. The molecule has 1 aliphatic rings. The van der Waals surface area contributed by atoms with E-state index in [1.165, 1.54) is 0 Å². The van der Waals surface area contributed by atoms with E-state index >= 15 is 0 Å². The highest BCUT2D eigenvalue weighted by Crippen LogP contribution is 2.42. The molecule has 5 heteroatoms. The highest BCUT2D eigenvalue weighted by Gasteiger charge is 2.49. The molecular formula is C14H18N2O3. The van der Waals surface area contributed by atoms with Crippen LogP contribution in [-0.2, 0) is 10.4 Å². The largest absolute Gasteiger partial charge is 0.411 e. The molecule has 0 aromatic heterocycles. The van der Waals surface area contributed by atoms with Gasteiger partial charge in [-0.1, -0.05) is 30.3 Å². The lowest BCUT2D eigenvalue weighted by molar-refractivity contribution is -0.135. The summed E-state index contributed by atoms with van der Waals surface area (Å²) < 4.78 is 0. The number of carbonyl (C=O) groups excluding carboxylic acids is 1. The fourth-order valence-electron chi connectivity index (χ4n) is 2.53. The molecule has 0 radical (unpaired) electrons. The lowest BCUT2D eigenvalue weighted by Gasteiger charge is -2.22. The number of para-hydroxylation sites is 1. The number of fused-ring (bicyclic) bond motifs is 1. The van der Waals surface area contributed by atoms with Crippen LogP contribution < -0.4 is 4.90 Å². The Kier molecular flexibility index (Phi) is 3.57. The molecule has 1 heterocycles. The first-order valence-electron chi connectivity index (χ1n) is 6.36. The number of carbonyl (C=O) groups is 1. The highest BCUT2D eigenvalue weighted by atomic mass is 16.4. The Morgan fingerprint density at radius 2 is 2.11 bits per heavy atom. The lowest BCUT2D eigenvalue weighted by Crippen LogP contribution is -2.41. The monoisotopic (exact) mass is 262 g/mol. The number of hydrogen-bond donors (Lipinski definition) is 2. The summed E-state index contributed by atoms with van der Waals surface area (Å²) in [6.07, 6.45) is 0.808. The van der Waals surface area contributed by atoms with Gasteiger partial charge in [0.05, 0.1) is 11.4 Å². The normalized spacial score (nSPS) is 22.8. The van der Waals surface area contributed by atoms with Gasteiger partial charge in [-0.25, -0.2) is 0 Å². The van der Waals surface area contributed by atoms with Crippen LogP contribution in [0.15, 0.2) is 29.4 Å². The van der Waals surface area contributed by atoms with Crippen molar-refractivity contribution >= 4 is 17.3 Å². The Morgan fingerprint density at radius 1 is 1.42 bits per heavy atom. The average Bonchev–Trinajstić information content (AvgIpc) is 2.62. The number of rotatable bonds is 4. The molecule has 1 atom stereocenters. The van der Waals surface area contributed by atoms with E-state index in [0.717, 1.165) is 12.1 Å². The van der Waals surface area contributed by atoms with Crippen molar-refractivity contribution in [2.75, 3.05) is 11.4 Å². The van der Waals surface area contributed by atoms with E-state index in [4.69, 9.17) is 5.21 Å². The number of hydrogen-bond acceptors (Lipinski definition) is 4. The second kappa shape index (κ2) is 5.01. The molecule has 19 heavy (non-hydrogen) atoms. The van der Waals surface area contributed by atoms with Gasteiger partial charge in [0, 0.05) is 18.5 Å². The maximum Gasteiger partial charge on any atom is 0.264 e. The van der Waals surface area contributed by atoms with E-state index < -0.39 is 5.60 Å². The smallest absolute Gasteiger partial charge is 0.264 e. The van der Waals surface area contributed by atoms with E-state index in [1.54, 1.807) is 24.0 Å². The molecule has 0 saturated carbocycles. The van der Waals surface area contributed by atoms with Crippen LogP contribution in [0.1, 0.15) is 32.3 Å². The average molecular weight is 262 g/mol. The van der Waals surface area contributed by atoms with Crippen LogP contribution in [0.5, 0.6) is 0 Å². The summed E-state index contributed by atoms with van der Waals surface area (Å²) in [5.41, 5.74) is 0.0188. The van der Waals surface area contributed by atoms with Crippen LogP contribution in [0.25, 0.3) is 0 Å². The van der Waals surface area contributed by atoms with Gasteiger partial charge in [-0.15, -0.1) is 0 Å². The van der Waals surface area contributed by atoms with Crippen molar-refractivity contribution in [2.45, 2.75) is 32.3 Å². The van der Waals surface area contributed by atoms with Crippen LogP contribution in [0.3, 0.4) is 0 Å². The van der Waals surface area contributed by atoms with Crippen molar-refractivity contribution < 1.29 is 15.1 Å². The number of oxime groups is 1. The number of aliphatic hydroxyl groups is 1. The van der Waals surface area contributed by atoms with Crippen LogP contribution in [0.4, 0.5) is 5.69 Å². The molecule has 0 bridgehead atoms. The number of anilines is 1. The van der Waals surface area contributed by atoms with Gasteiger partial charge in [0.25, 0.3) is 5.91 Å². The maximum absolute atomic E-state index is 12.5. The van der Waals surface area contributed by atoms with E-state index in [9.17, 15) is 9.90 Å². The van der Waals surface area contributed by atoms with Crippen LogP contribution in [0, 0.1) is 0 Å². The minimum absolute atomic E-state index is 0.000436. The van der Waals surface area contributed by atoms with Crippen LogP contribution in [0.2, 0.25) is 0 Å². The predicted octanol–water partition coefficient (Wildman–Crippen LogP) is 1.87. The molecule has 1 aromatic carbocycles. The molecule has 2 N–H and O–H groups in total. The summed E-state index contributed by atoms with van der Waals surface area (Å²) in [5, 5.41) is 22.6. The summed E-state index contributed by atoms with van der Waals surface area (Å²) in [7, 11) is 0. The third-order valence-corrected chi connectivity index (χ3v) is 3.37. The number of nitrogens with zero attached hydrogens (tertiary/aromatic N) is 2. The van der Waals surface area contributed by atoms with Crippen molar-refractivity contribution in [1.82, 2.24) is 0 Å². The molecule has 0 spiro atoms. The Labute approximate surface area is 112 Å². The van der Waals surface area contributed by atoms with E-state index in [1.807, 2.05) is 19.1 Å². The SMILES string of the molecule is CCCN1C(=O)[C@](O)(C/C(C)=N/O)c2ccccc21. The second-order valence-electron chi connectivity index (χ2n) is 4.85. The third kappa shape index (κ3) is 2.10. The minimum atomic E-state index is -1.62. The quantitative estimate of drug-likeness (QED) is 0.494. The molecule has 0 saturated heterocycles. The molecule has 0 aliphatic carbocycles. The summed E-state index contributed by atoms with van der Waals surface area (Å²) in [6, 6.07) is 7.20. The summed E-state index contributed by atoms with van der Waals surface area (Å²) in [4.78, 5) is 14.1. The minimum Gasteiger partial charge on any atom is -0.411 e. The zero-order chi connectivity index (χ0) is 14.0. The van der Waals surface area contributed by atoms with Gasteiger partial charge in [-0.05, 0) is 19.4 Å². The van der Waals surface area contributed by atoms with Gasteiger partial charge < -0.3 is 15.2 Å². The van der Waals surface area contributed by atoms with Gasteiger partial charge in [-0.2, -0.15) is 0 Å². The van der Waals surface area contributed by atoms with Gasteiger partial charge in [-0.3, -0.25) is 4.79 Å². The van der Waals surface area contributed by atoms with Gasteiger partial charge in [0.2, 0.25) is 0 Å². The van der Waals surface area contributed by atoms with Gasteiger partial charge in [0.1, 0.15) is 0 Å². The van der Waals surface area contributed by atoms with E-state index in [-0.39, 0.29) is 12.3 Å². The van der Waals surface area contributed by atoms with Crippen molar-refractivity contribution in [3.8, 4) is 0 Å². The van der Waals surface area contributed by atoms with Crippen LogP contribution >= 0.6 is 0 Å². The number of amides is 1. The van der Waals surface area contributed by atoms with Gasteiger partial charge >= 0.3 is 0 Å². The molecule has 0 fully saturated rings. The maximum atomic E-state index is 12.5. The third-order valence-electron chi connectivity index (χ3n) is 3.37. The number of benzene rings is 1. The van der Waals surface area contributed by atoms with Crippen molar-refractivity contribution in [1.29, 1.82) is 0 Å². The summed E-state index contributed by atoms with van der Waals surface area (Å²) in [5.74, 6) is -0.349. The first-order chi connectivity index (χ1) is 9.04. The van der Waals surface area contributed by atoms with Crippen molar-refractivity contribution in [2.24, 2.45) is 5.16 Å². The lowest BCUT2D eigenvalue weighted by atomic mass is 9.90. The standard InChI is InChI=1S/C14H18N2O3/c1-3-8-16-12-7-5-4-6-11(12)14(18,13(16)17)9-10(2)15-19/h4-7,18-19H,3,8-9H2,1-2H3/b15-10+/t14-/m0/s1. The predicted molar refractivity (Wildman–Crippen MR) is 72.5 cm³/mol. The van der Waals surface area contributed by atoms with E-state index in [2.05, 4.69) is 5.16 Å². The van der Waals surface area contributed by atoms with Gasteiger partial charge in [0.15, 0.2) is 5.60 Å². The fourth-order valence-corrected chi connectivity index (χ4v) is 2.53. The Bertz CT molecular complexity index is 527. The Morgan fingerprint density at radius 3 is 2.74 bits per heavy atom. The highest BCUT2D eigenvalue weighted by molar-refractivity contribution is 6.09. The van der Waals surface area contributed by atoms with Crippen molar-refractivity contribution in [3.05, 3.63) is 29.8 Å². The fraction of sp³-hybridized carbons (Fsp3) is 0.429. The van der Waals surface area contributed by atoms with Crippen LogP contribution in [-0.4, -0.2) is 28.5 Å².